The van der Waals surface area contributed by atoms with Crippen LogP contribution in [-0.2, 0) is 14.3 Å². The van der Waals surface area contributed by atoms with E-state index in [1.54, 1.807) is 0 Å². The van der Waals surface area contributed by atoms with Gasteiger partial charge in [-0.05, 0) is 61.6 Å². The molecule has 6 heteroatoms. The molecular formula is C26H31N3O3. The zero-order valence-electron chi connectivity index (χ0n) is 19.3. The summed E-state index contributed by atoms with van der Waals surface area (Å²) in [5, 5.41) is 3.31. The Hall–Kier alpha value is -2.96. The molecule has 1 N–H and O–H groups in total. The van der Waals surface area contributed by atoms with E-state index in [-0.39, 0.29) is 11.8 Å². The van der Waals surface area contributed by atoms with E-state index in [0.717, 1.165) is 46.6 Å². The first kappa shape index (κ1) is 22.2. The summed E-state index contributed by atoms with van der Waals surface area (Å²) >= 11 is 0. The van der Waals surface area contributed by atoms with Crippen molar-refractivity contribution in [3.63, 3.8) is 0 Å². The summed E-state index contributed by atoms with van der Waals surface area (Å²) in [4.78, 5) is 30.6. The Morgan fingerprint density at radius 2 is 1.56 bits per heavy atom. The lowest BCUT2D eigenvalue weighted by atomic mass is 9.99. The number of carbonyl (C=O) groups is 2. The maximum Gasteiger partial charge on any atom is 0.278 e. The molecule has 0 radical (unpaired) electrons. The number of nitrogens with zero attached hydrogens (tertiary/aromatic N) is 2. The fraction of sp³-hybridized carbons (Fsp3) is 0.385. The van der Waals surface area contributed by atoms with Gasteiger partial charge >= 0.3 is 0 Å². The van der Waals surface area contributed by atoms with Crippen LogP contribution in [0.5, 0.6) is 0 Å². The summed E-state index contributed by atoms with van der Waals surface area (Å²) in [6, 6.07) is 12.0. The van der Waals surface area contributed by atoms with Crippen LogP contribution in [0.4, 0.5) is 5.69 Å². The highest BCUT2D eigenvalue weighted by atomic mass is 16.5. The second-order valence-electron chi connectivity index (χ2n) is 8.71. The number of hydrogen-bond acceptors (Lipinski definition) is 5. The van der Waals surface area contributed by atoms with Crippen LogP contribution in [0.2, 0.25) is 0 Å². The van der Waals surface area contributed by atoms with Gasteiger partial charge in [-0.3, -0.25) is 19.4 Å². The predicted molar refractivity (Wildman–Crippen MR) is 126 cm³/mol. The molecule has 0 unspecified atom stereocenters. The van der Waals surface area contributed by atoms with Gasteiger partial charge in [0.15, 0.2) is 0 Å². The molecule has 2 aliphatic rings. The zero-order chi connectivity index (χ0) is 22.8. The lowest BCUT2D eigenvalue weighted by Crippen LogP contribution is -2.43. The molecule has 1 fully saturated rings. The molecule has 4 rings (SSSR count). The normalized spacial score (nSPS) is 17.4. The molecule has 2 aromatic carbocycles. The third-order valence-electron chi connectivity index (χ3n) is 6.36. The number of aryl methyl sites for hydroxylation is 4. The number of ether oxygens (including phenoxy) is 1. The van der Waals surface area contributed by atoms with Gasteiger partial charge in [0.2, 0.25) is 0 Å². The van der Waals surface area contributed by atoms with E-state index in [9.17, 15) is 9.59 Å². The van der Waals surface area contributed by atoms with Crippen molar-refractivity contribution in [2.24, 2.45) is 0 Å². The smallest absolute Gasteiger partial charge is 0.278 e. The Kier molecular flexibility index (Phi) is 6.44. The van der Waals surface area contributed by atoms with Crippen molar-refractivity contribution in [1.82, 2.24) is 9.80 Å². The molecule has 6 nitrogen and oxygen atoms in total. The average molecular weight is 434 g/mol. The topological polar surface area (TPSA) is 61.9 Å². The first-order valence-electron chi connectivity index (χ1n) is 11.2. The van der Waals surface area contributed by atoms with Gasteiger partial charge in [-0.1, -0.05) is 30.3 Å². The van der Waals surface area contributed by atoms with Crippen molar-refractivity contribution in [3.05, 3.63) is 69.9 Å². The maximum atomic E-state index is 13.5. The fourth-order valence-corrected chi connectivity index (χ4v) is 4.13. The highest BCUT2D eigenvalue weighted by Gasteiger charge is 2.39. The first-order valence-corrected chi connectivity index (χ1v) is 11.2. The molecule has 0 saturated carbocycles. The number of rotatable bonds is 6. The largest absolute Gasteiger partial charge is 0.379 e. The van der Waals surface area contributed by atoms with Crippen molar-refractivity contribution in [1.29, 1.82) is 0 Å². The van der Waals surface area contributed by atoms with Crippen molar-refractivity contribution in [2.45, 2.75) is 27.7 Å². The summed E-state index contributed by atoms with van der Waals surface area (Å²) in [7, 11) is 0. The molecule has 0 aromatic heterocycles. The van der Waals surface area contributed by atoms with E-state index in [2.05, 4.69) is 10.2 Å². The van der Waals surface area contributed by atoms with Crippen LogP contribution in [0.25, 0.3) is 5.57 Å². The minimum Gasteiger partial charge on any atom is -0.379 e. The van der Waals surface area contributed by atoms with Gasteiger partial charge in [-0.15, -0.1) is 0 Å². The number of imide groups is 1. The van der Waals surface area contributed by atoms with Gasteiger partial charge < -0.3 is 10.1 Å². The quantitative estimate of drug-likeness (QED) is 0.707. The van der Waals surface area contributed by atoms with E-state index in [4.69, 9.17) is 4.74 Å². The lowest BCUT2D eigenvalue weighted by molar-refractivity contribution is -0.137. The summed E-state index contributed by atoms with van der Waals surface area (Å²) in [6.45, 7) is 12.1. The highest BCUT2D eigenvalue weighted by Crippen LogP contribution is 2.32. The molecule has 0 atom stereocenters. The monoisotopic (exact) mass is 433 g/mol. The third-order valence-corrected chi connectivity index (χ3v) is 6.36. The van der Waals surface area contributed by atoms with Gasteiger partial charge in [-0.25, -0.2) is 0 Å². The summed E-state index contributed by atoms with van der Waals surface area (Å²) in [5.41, 5.74) is 6.77. The zero-order valence-corrected chi connectivity index (χ0v) is 19.3. The van der Waals surface area contributed by atoms with Crippen LogP contribution in [0.3, 0.4) is 0 Å². The van der Waals surface area contributed by atoms with E-state index in [1.165, 1.54) is 4.90 Å². The first-order chi connectivity index (χ1) is 15.3. The third kappa shape index (κ3) is 4.47. The average Bonchev–Trinajstić information content (AvgIpc) is 3.01. The van der Waals surface area contributed by atoms with E-state index in [0.29, 0.717) is 37.6 Å². The summed E-state index contributed by atoms with van der Waals surface area (Å²) in [6.07, 6.45) is 0. The predicted octanol–water partition coefficient (Wildman–Crippen LogP) is 3.44. The fourth-order valence-electron chi connectivity index (χ4n) is 4.13. The standard InChI is InChI=1S/C26H31N3O3/c1-17-5-6-19(3)22(15-17)27-24-23(21-8-7-18(2)20(4)16-21)25(30)29(26(24)31)10-9-28-11-13-32-14-12-28/h5-8,15-16,27H,9-14H2,1-4H3. The Morgan fingerprint density at radius 3 is 2.28 bits per heavy atom. The van der Waals surface area contributed by atoms with Crippen LogP contribution in [0, 0.1) is 27.7 Å². The number of benzene rings is 2. The Morgan fingerprint density at radius 1 is 0.844 bits per heavy atom. The van der Waals surface area contributed by atoms with Gasteiger partial charge in [-0.2, -0.15) is 0 Å². The minimum atomic E-state index is -0.266. The molecule has 1 saturated heterocycles. The Bertz CT molecular complexity index is 1080. The molecule has 168 valence electrons. The molecule has 2 aliphatic heterocycles. The molecule has 2 heterocycles. The van der Waals surface area contributed by atoms with Crippen molar-refractivity contribution in [2.75, 3.05) is 44.7 Å². The van der Waals surface area contributed by atoms with E-state index >= 15 is 0 Å². The van der Waals surface area contributed by atoms with Gasteiger partial charge in [0.25, 0.3) is 11.8 Å². The number of hydrogen-bond donors (Lipinski definition) is 1. The lowest BCUT2D eigenvalue weighted by Gasteiger charge is -2.28. The highest BCUT2D eigenvalue weighted by molar-refractivity contribution is 6.36. The number of anilines is 1. The minimum absolute atomic E-state index is 0.237. The number of nitrogens with one attached hydrogen (secondary N) is 1. The van der Waals surface area contributed by atoms with E-state index in [1.807, 2.05) is 64.1 Å². The molecule has 0 aliphatic carbocycles. The van der Waals surface area contributed by atoms with E-state index < -0.39 is 0 Å². The van der Waals surface area contributed by atoms with Crippen molar-refractivity contribution < 1.29 is 14.3 Å². The summed E-state index contributed by atoms with van der Waals surface area (Å²) < 4.78 is 5.41. The second-order valence-corrected chi connectivity index (χ2v) is 8.71. The van der Waals surface area contributed by atoms with Crippen LogP contribution in [0.1, 0.15) is 27.8 Å². The van der Waals surface area contributed by atoms with Crippen molar-refractivity contribution >= 4 is 23.1 Å². The Balaban J connectivity index is 1.68. The Labute approximate surface area is 189 Å². The maximum absolute atomic E-state index is 13.5. The summed E-state index contributed by atoms with van der Waals surface area (Å²) in [5.74, 6) is -0.503. The molecular weight excluding hydrogens is 402 g/mol. The van der Waals surface area contributed by atoms with Gasteiger partial charge in [0.1, 0.15) is 5.70 Å². The van der Waals surface area contributed by atoms with Gasteiger partial charge in [0.05, 0.1) is 18.8 Å². The molecule has 0 spiro atoms. The van der Waals surface area contributed by atoms with Crippen LogP contribution in [-0.4, -0.2) is 61.0 Å². The van der Waals surface area contributed by atoms with Crippen LogP contribution < -0.4 is 5.32 Å². The number of amides is 2. The van der Waals surface area contributed by atoms with Crippen molar-refractivity contribution in [3.8, 4) is 0 Å². The molecule has 2 aromatic rings. The van der Waals surface area contributed by atoms with Crippen LogP contribution >= 0.6 is 0 Å². The molecule has 2 amide bonds. The number of carbonyl (C=O) groups excluding carboxylic acids is 2. The molecule has 0 bridgehead atoms. The SMILES string of the molecule is Cc1ccc(C)c(NC2=C(c3ccc(C)c(C)c3)C(=O)N(CCN3CCOCC3)C2=O)c1. The number of morpholine rings is 1. The molecule has 32 heavy (non-hydrogen) atoms. The van der Waals surface area contributed by atoms with Crippen LogP contribution in [0.15, 0.2) is 42.1 Å². The second kappa shape index (κ2) is 9.27. The van der Waals surface area contributed by atoms with Gasteiger partial charge in [0, 0.05) is 31.9 Å².